The van der Waals surface area contributed by atoms with Crippen LogP contribution in [-0.2, 0) is 14.8 Å². The maximum atomic E-state index is 12.2. The van der Waals surface area contributed by atoms with E-state index in [1.807, 2.05) is 38.1 Å². The average molecular weight is 404 g/mol. The summed E-state index contributed by atoms with van der Waals surface area (Å²) < 4.78 is 30.9. The molecule has 1 amide bonds. The summed E-state index contributed by atoms with van der Waals surface area (Å²) in [6.45, 7) is 5.32. The molecule has 0 atom stereocenters. The third kappa shape index (κ3) is 6.38. The summed E-state index contributed by atoms with van der Waals surface area (Å²) in [5.74, 6) is 0.211. The second-order valence-corrected chi connectivity index (χ2v) is 8.49. The highest BCUT2D eigenvalue weighted by Gasteiger charge is 2.21. The minimum absolute atomic E-state index is 0.0878. The fourth-order valence-corrected chi connectivity index (χ4v) is 3.39. The van der Waals surface area contributed by atoms with Gasteiger partial charge in [-0.2, -0.15) is 5.10 Å². The van der Waals surface area contributed by atoms with Gasteiger partial charge in [0.25, 0.3) is 5.91 Å². The van der Waals surface area contributed by atoms with Crippen molar-refractivity contribution < 1.29 is 17.9 Å². The van der Waals surface area contributed by atoms with Crippen LogP contribution in [-0.4, -0.2) is 39.4 Å². The van der Waals surface area contributed by atoms with E-state index in [2.05, 4.69) is 10.5 Å². The molecule has 0 heterocycles. The third-order valence-electron chi connectivity index (χ3n) is 3.73. The lowest BCUT2D eigenvalue weighted by atomic mass is 10.2. The van der Waals surface area contributed by atoms with Crippen molar-refractivity contribution in [3.8, 4) is 5.75 Å². The van der Waals surface area contributed by atoms with Gasteiger partial charge >= 0.3 is 0 Å². The van der Waals surface area contributed by atoms with Crippen LogP contribution < -0.4 is 14.5 Å². The lowest BCUT2D eigenvalue weighted by Crippen LogP contribution is -2.39. The summed E-state index contributed by atoms with van der Waals surface area (Å²) in [4.78, 5) is 12.2. The molecule has 0 saturated carbocycles. The molecule has 7 nitrogen and oxygen atoms in total. The van der Waals surface area contributed by atoms with Crippen LogP contribution in [0.25, 0.3) is 0 Å². The van der Waals surface area contributed by atoms with E-state index in [9.17, 15) is 13.2 Å². The second kappa shape index (κ2) is 9.36. The van der Waals surface area contributed by atoms with Crippen LogP contribution in [0.1, 0.15) is 25.0 Å². The summed E-state index contributed by atoms with van der Waals surface area (Å²) in [7, 11) is -3.62. The largest absolute Gasteiger partial charge is 0.491 e. The molecule has 2 aromatic carbocycles. The number of hydrazone groups is 1. The average Bonchev–Trinajstić information content (AvgIpc) is 2.60. The molecule has 0 aliphatic carbocycles. The third-order valence-corrected chi connectivity index (χ3v) is 4.85. The number of aryl methyl sites for hydroxylation is 1. The highest BCUT2D eigenvalue weighted by molar-refractivity contribution is 7.92. The first-order valence-corrected chi connectivity index (χ1v) is 10.6. The maximum absolute atomic E-state index is 12.2. The van der Waals surface area contributed by atoms with E-state index in [1.54, 1.807) is 31.2 Å². The molecule has 1 N–H and O–H groups in total. The molecule has 2 aromatic rings. The number of nitrogens with zero attached hydrogens (tertiary/aromatic N) is 2. The smallest absolute Gasteiger partial charge is 0.260 e. The van der Waals surface area contributed by atoms with Crippen LogP contribution in [0.2, 0.25) is 0 Å². The molecule has 0 aliphatic rings. The number of carbonyl (C=O) groups excluding carboxylic acids is 1. The molecule has 0 bridgehead atoms. The number of hydrogen-bond acceptors (Lipinski definition) is 5. The Morgan fingerprint density at radius 3 is 2.39 bits per heavy atom. The number of ether oxygens (including phenoxy) is 1. The lowest BCUT2D eigenvalue weighted by molar-refractivity contribution is -0.119. The monoisotopic (exact) mass is 403 g/mol. The van der Waals surface area contributed by atoms with Gasteiger partial charge in [-0.25, -0.2) is 13.8 Å². The number of amides is 1. The van der Waals surface area contributed by atoms with Gasteiger partial charge in [0, 0.05) is 0 Å². The van der Waals surface area contributed by atoms with Crippen molar-refractivity contribution in [3.05, 3.63) is 59.7 Å². The molecule has 0 radical (unpaired) electrons. The number of rotatable bonds is 8. The van der Waals surface area contributed by atoms with Crippen molar-refractivity contribution in [2.24, 2.45) is 5.10 Å². The van der Waals surface area contributed by atoms with Gasteiger partial charge in [0.05, 0.1) is 24.3 Å². The van der Waals surface area contributed by atoms with E-state index in [-0.39, 0.29) is 12.6 Å². The Morgan fingerprint density at radius 2 is 1.82 bits per heavy atom. The Hall–Kier alpha value is -2.87. The summed E-state index contributed by atoms with van der Waals surface area (Å²) in [6, 6.07) is 14.2. The van der Waals surface area contributed by atoms with Crippen LogP contribution in [0.4, 0.5) is 5.69 Å². The van der Waals surface area contributed by atoms with E-state index in [0.717, 1.165) is 27.4 Å². The molecule has 0 aliphatic heterocycles. The van der Waals surface area contributed by atoms with Crippen LogP contribution in [0.5, 0.6) is 5.75 Å². The van der Waals surface area contributed by atoms with Crippen molar-refractivity contribution >= 4 is 27.8 Å². The van der Waals surface area contributed by atoms with Crippen LogP contribution in [0, 0.1) is 6.92 Å². The Labute approximate surface area is 166 Å². The molecule has 0 aromatic heterocycles. The number of sulfonamides is 1. The van der Waals surface area contributed by atoms with Crippen molar-refractivity contribution in [1.29, 1.82) is 0 Å². The first-order chi connectivity index (χ1) is 13.2. The van der Waals surface area contributed by atoms with Gasteiger partial charge in [0.1, 0.15) is 12.3 Å². The van der Waals surface area contributed by atoms with Crippen LogP contribution in [0.3, 0.4) is 0 Å². The number of nitrogens with one attached hydrogen (secondary N) is 1. The van der Waals surface area contributed by atoms with E-state index >= 15 is 0 Å². The number of anilines is 1. The summed E-state index contributed by atoms with van der Waals surface area (Å²) >= 11 is 0. The standard InChI is InChI=1S/C20H25N3O4S/c1-15(2)27-18-11-9-17(10-12-18)13-21-22-20(24)14-23(28(4,25)26)19-8-6-5-7-16(19)3/h5-13,15H,14H2,1-4H3,(H,22,24). The molecule has 0 unspecified atom stereocenters. The zero-order valence-corrected chi connectivity index (χ0v) is 17.2. The van der Waals surface area contributed by atoms with E-state index in [1.165, 1.54) is 6.21 Å². The van der Waals surface area contributed by atoms with E-state index in [4.69, 9.17) is 4.74 Å². The maximum Gasteiger partial charge on any atom is 0.260 e. The zero-order chi connectivity index (χ0) is 20.7. The molecule has 2 rings (SSSR count). The highest BCUT2D eigenvalue weighted by atomic mass is 32.2. The van der Waals surface area contributed by atoms with Gasteiger partial charge in [-0.15, -0.1) is 0 Å². The molecule has 0 spiro atoms. The molecule has 0 saturated heterocycles. The van der Waals surface area contributed by atoms with Crippen LogP contribution >= 0.6 is 0 Å². The summed E-state index contributed by atoms with van der Waals surface area (Å²) in [5, 5.41) is 3.90. The predicted molar refractivity (Wildman–Crippen MR) is 111 cm³/mol. The van der Waals surface area contributed by atoms with Gasteiger partial charge in [-0.1, -0.05) is 18.2 Å². The molecular formula is C20H25N3O4S. The SMILES string of the molecule is Cc1ccccc1N(CC(=O)NN=Cc1ccc(OC(C)C)cc1)S(C)(=O)=O. The Morgan fingerprint density at radius 1 is 1.18 bits per heavy atom. The fraction of sp³-hybridized carbons (Fsp3) is 0.300. The number of para-hydroxylation sites is 1. The Bertz CT molecular complexity index is 938. The minimum Gasteiger partial charge on any atom is -0.491 e. The molecular weight excluding hydrogens is 378 g/mol. The van der Waals surface area contributed by atoms with E-state index in [0.29, 0.717) is 5.69 Å². The number of carbonyl (C=O) groups is 1. The van der Waals surface area contributed by atoms with Gasteiger partial charge in [0.15, 0.2) is 0 Å². The van der Waals surface area contributed by atoms with Crippen molar-refractivity contribution in [2.45, 2.75) is 26.9 Å². The minimum atomic E-state index is -3.62. The lowest BCUT2D eigenvalue weighted by Gasteiger charge is -2.23. The number of hydrogen-bond donors (Lipinski definition) is 1. The first kappa shape index (κ1) is 21.4. The fourth-order valence-electron chi connectivity index (χ4n) is 2.47. The number of benzene rings is 2. The molecule has 8 heteroatoms. The summed E-state index contributed by atoms with van der Waals surface area (Å²) in [6.07, 6.45) is 2.64. The van der Waals surface area contributed by atoms with Gasteiger partial charge in [-0.05, 0) is 62.2 Å². The highest BCUT2D eigenvalue weighted by Crippen LogP contribution is 2.21. The van der Waals surface area contributed by atoms with Crippen LogP contribution in [0.15, 0.2) is 53.6 Å². The second-order valence-electron chi connectivity index (χ2n) is 6.58. The van der Waals surface area contributed by atoms with E-state index < -0.39 is 15.9 Å². The summed E-state index contributed by atoms with van der Waals surface area (Å²) in [5.41, 5.74) is 4.36. The zero-order valence-electron chi connectivity index (χ0n) is 16.4. The predicted octanol–water partition coefficient (Wildman–Crippen LogP) is 2.70. The first-order valence-electron chi connectivity index (χ1n) is 8.79. The van der Waals surface area contributed by atoms with Gasteiger partial charge in [-0.3, -0.25) is 9.10 Å². The van der Waals surface area contributed by atoms with Gasteiger partial charge < -0.3 is 4.74 Å². The topological polar surface area (TPSA) is 88.1 Å². The molecule has 150 valence electrons. The normalized spacial score (nSPS) is 11.6. The van der Waals surface area contributed by atoms with Crippen molar-refractivity contribution in [3.63, 3.8) is 0 Å². The molecule has 28 heavy (non-hydrogen) atoms. The van der Waals surface area contributed by atoms with Gasteiger partial charge in [0.2, 0.25) is 10.0 Å². The Kier molecular flexibility index (Phi) is 7.17. The van der Waals surface area contributed by atoms with Crippen molar-refractivity contribution in [2.75, 3.05) is 17.1 Å². The molecule has 0 fully saturated rings. The van der Waals surface area contributed by atoms with Crippen molar-refractivity contribution in [1.82, 2.24) is 5.43 Å². The Balaban J connectivity index is 2.01. The quantitative estimate of drug-likeness (QED) is 0.542.